The summed E-state index contributed by atoms with van der Waals surface area (Å²) in [4.78, 5) is 26.8. The van der Waals surface area contributed by atoms with Crippen molar-refractivity contribution in [2.75, 3.05) is 4.90 Å². The topological polar surface area (TPSA) is 49.4 Å². The molecule has 2 heterocycles. The van der Waals surface area contributed by atoms with Crippen molar-refractivity contribution in [1.82, 2.24) is 5.32 Å². The van der Waals surface area contributed by atoms with Gasteiger partial charge in [-0.25, -0.2) is 0 Å². The lowest BCUT2D eigenvalue weighted by Crippen LogP contribution is -2.51. The Balaban J connectivity index is 1.89. The van der Waals surface area contributed by atoms with Crippen LogP contribution in [0.25, 0.3) is 10.8 Å². The molecule has 2 amide bonds. The molecule has 0 spiro atoms. The molecule has 2 aliphatic rings. The molecule has 22 heavy (non-hydrogen) atoms. The minimum Gasteiger partial charge on any atom is -0.329 e. The number of benzene rings is 2. The molecule has 110 valence electrons. The molecular weight excluding hydrogens is 344 g/mol. The molecule has 0 saturated carbocycles. The first kappa shape index (κ1) is 13.5. The fraction of sp³-hybridized carbons (Fsp3) is 0.176. The van der Waals surface area contributed by atoms with Crippen LogP contribution >= 0.6 is 15.9 Å². The molecule has 5 heteroatoms. The van der Waals surface area contributed by atoms with E-state index in [0.29, 0.717) is 24.1 Å². The maximum atomic E-state index is 12.8. The van der Waals surface area contributed by atoms with Gasteiger partial charge in [-0.3, -0.25) is 14.5 Å². The van der Waals surface area contributed by atoms with Crippen molar-refractivity contribution in [2.45, 2.75) is 18.9 Å². The Morgan fingerprint density at radius 2 is 2.05 bits per heavy atom. The molecular formula is C17H13BrN2O2. The third kappa shape index (κ3) is 1.75. The van der Waals surface area contributed by atoms with Gasteiger partial charge in [-0.1, -0.05) is 34.6 Å². The molecule has 1 unspecified atom stereocenters. The maximum Gasteiger partial charge on any atom is 0.259 e. The second kappa shape index (κ2) is 4.68. The van der Waals surface area contributed by atoms with Crippen LogP contribution in [0.2, 0.25) is 0 Å². The highest BCUT2D eigenvalue weighted by Crippen LogP contribution is 2.42. The van der Waals surface area contributed by atoms with Crippen LogP contribution in [0.15, 0.2) is 47.1 Å². The molecule has 0 radical (unpaired) electrons. The van der Waals surface area contributed by atoms with Crippen molar-refractivity contribution >= 4 is 44.2 Å². The average Bonchev–Trinajstić information content (AvgIpc) is 2.77. The Morgan fingerprint density at radius 1 is 1.23 bits per heavy atom. The van der Waals surface area contributed by atoms with Gasteiger partial charge in [-0.2, -0.15) is 0 Å². The van der Waals surface area contributed by atoms with Gasteiger partial charge in [0.2, 0.25) is 5.91 Å². The lowest BCUT2D eigenvalue weighted by atomic mass is 10.0. The molecule has 4 nitrogen and oxygen atoms in total. The molecule has 0 aromatic heterocycles. The summed E-state index contributed by atoms with van der Waals surface area (Å²) in [5.74, 6) is -0.264. The second-order valence-electron chi connectivity index (χ2n) is 5.62. The first-order valence-corrected chi connectivity index (χ1v) is 7.90. The van der Waals surface area contributed by atoms with E-state index >= 15 is 0 Å². The van der Waals surface area contributed by atoms with Gasteiger partial charge in [0.05, 0.1) is 5.69 Å². The van der Waals surface area contributed by atoms with Gasteiger partial charge in [-0.15, -0.1) is 0 Å². The standard InChI is InChI=1S/C17H13BrN2O2/c1-9-5-8-14(16(21)19-9)20-13-4-2-3-10-12(18)7-6-11(15(10)13)17(20)22/h2-4,6-7,14H,1,5,8H2,(H,19,21). The van der Waals surface area contributed by atoms with E-state index in [4.69, 9.17) is 0 Å². The summed E-state index contributed by atoms with van der Waals surface area (Å²) in [7, 11) is 0. The summed E-state index contributed by atoms with van der Waals surface area (Å²) < 4.78 is 0.948. The monoisotopic (exact) mass is 356 g/mol. The van der Waals surface area contributed by atoms with Gasteiger partial charge < -0.3 is 5.32 Å². The summed E-state index contributed by atoms with van der Waals surface area (Å²) in [6, 6.07) is 9.02. The number of halogens is 1. The van der Waals surface area contributed by atoms with Crippen LogP contribution < -0.4 is 10.2 Å². The van der Waals surface area contributed by atoms with Crippen LogP contribution in [-0.4, -0.2) is 17.9 Å². The third-order valence-electron chi connectivity index (χ3n) is 4.31. The normalized spacial score (nSPS) is 20.7. The molecule has 2 aromatic rings. The smallest absolute Gasteiger partial charge is 0.259 e. The van der Waals surface area contributed by atoms with Crippen LogP contribution in [0.3, 0.4) is 0 Å². The lowest BCUT2D eigenvalue weighted by molar-refractivity contribution is -0.122. The molecule has 1 saturated heterocycles. The third-order valence-corrected chi connectivity index (χ3v) is 5.00. The van der Waals surface area contributed by atoms with Gasteiger partial charge >= 0.3 is 0 Å². The average molecular weight is 357 g/mol. The van der Waals surface area contributed by atoms with E-state index in [-0.39, 0.29) is 11.8 Å². The predicted molar refractivity (Wildman–Crippen MR) is 88.8 cm³/mol. The minimum atomic E-state index is -0.477. The molecule has 1 N–H and O–H groups in total. The lowest BCUT2D eigenvalue weighted by Gasteiger charge is -2.31. The molecule has 0 aliphatic carbocycles. The second-order valence-corrected chi connectivity index (χ2v) is 6.47. The molecule has 1 fully saturated rings. The zero-order valence-electron chi connectivity index (χ0n) is 11.7. The number of carbonyl (C=O) groups excluding carboxylic acids is 2. The molecule has 4 rings (SSSR count). The highest BCUT2D eigenvalue weighted by Gasteiger charge is 2.39. The first-order valence-electron chi connectivity index (χ1n) is 7.11. The van der Waals surface area contributed by atoms with Gasteiger partial charge in [0.1, 0.15) is 6.04 Å². The predicted octanol–water partition coefficient (Wildman–Crippen LogP) is 3.35. The van der Waals surface area contributed by atoms with Gasteiger partial charge in [-0.05, 0) is 36.4 Å². The van der Waals surface area contributed by atoms with Gasteiger partial charge in [0.25, 0.3) is 5.91 Å². The van der Waals surface area contributed by atoms with Crippen molar-refractivity contribution < 1.29 is 9.59 Å². The van der Waals surface area contributed by atoms with Crippen molar-refractivity contribution in [3.8, 4) is 0 Å². The summed E-state index contributed by atoms with van der Waals surface area (Å²) in [5.41, 5.74) is 2.18. The number of rotatable bonds is 1. The van der Waals surface area contributed by atoms with Crippen LogP contribution in [0.1, 0.15) is 23.2 Å². The molecule has 2 aliphatic heterocycles. The molecule has 1 atom stereocenters. The van der Waals surface area contributed by atoms with Crippen molar-refractivity contribution in [2.24, 2.45) is 0 Å². The largest absolute Gasteiger partial charge is 0.329 e. The van der Waals surface area contributed by atoms with E-state index in [0.717, 1.165) is 20.9 Å². The van der Waals surface area contributed by atoms with Crippen molar-refractivity contribution in [1.29, 1.82) is 0 Å². The Kier molecular flexibility index (Phi) is 2.87. The van der Waals surface area contributed by atoms with E-state index < -0.39 is 6.04 Å². The number of hydrogen-bond acceptors (Lipinski definition) is 2. The Morgan fingerprint density at radius 3 is 2.82 bits per heavy atom. The van der Waals surface area contributed by atoms with Crippen LogP contribution in [-0.2, 0) is 4.79 Å². The van der Waals surface area contributed by atoms with Crippen molar-refractivity contribution in [3.63, 3.8) is 0 Å². The van der Waals surface area contributed by atoms with Crippen LogP contribution in [0.4, 0.5) is 5.69 Å². The fourth-order valence-electron chi connectivity index (χ4n) is 3.29. The first-order chi connectivity index (χ1) is 10.6. The fourth-order valence-corrected chi connectivity index (χ4v) is 3.75. The number of nitrogens with one attached hydrogen (secondary N) is 1. The van der Waals surface area contributed by atoms with E-state index in [1.54, 1.807) is 4.90 Å². The number of anilines is 1. The number of carbonyl (C=O) groups is 2. The van der Waals surface area contributed by atoms with Crippen molar-refractivity contribution in [3.05, 3.63) is 52.6 Å². The van der Waals surface area contributed by atoms with E-state index in [2.05, 4.69) is 27.8 Å². The van der Waals surface area contributed by atoms with Crippen LogP contribution in [0, 0.1) is 0 Å². The summed E-state index contributed by atoms with van der Waals surface area (Å²) in [6.45, 7) is 3.79. The van der Waals surface area contributed by atoms with E-state index in [9.17, 15) is 9.59 Å². The highest BCUT2D eigenvalue weighted by molar-refractivity contribution is 9.10. The summed E-state index contributed by atoms with van der Waals surface area (Å²) >= 11 is 3.53. The number of piperidine rings is 1. The zero-order valence-corrected chi connectivity index (χ0v) is 13.3. The number of nitrogens with zero attached hydrogens (tertiary/aromatic N) is 1. The maximum absolute atomic E-state index is 12.8. The van der Waals surface area contributed by atoms with Crippen LogP contribution in [0.5, 0.6) is 0 Å². The molecule has 2 aromatic carbocycles. The number of hydrogen-bond donors (Lipinski definition) is 1. The van der Waals surface area contributed by atoms with E-state index in [1.807, 2.05) is 30.3 Å². The quantitative estimate of drug-likeness (QED) is 0.851. The van der Waals surface area contributed by atoms with E-state index in [1.165, 1.54) is 0 Å². The Labute approximate surface area is 135 Å². The SMILES string of the molecule is C=C1CCC(N2C(=O)c3ccc(Br)c4cccc2c34)C(=O)N1. The highest BCUT2D eigenvalue weighted by atomic mass is 79.9. The number of amides is 2. The van der Waals surface area contributed by atoms with Gasteiger partial charge in [0, 0.05) is 21.1 Å². The zero-order chi connectivity index (χ0) is 15.4. The van der Waals surface area contributed by atoms with Gasteiger partial charge in [0.15, 0.2) is 0 Å². The summed E-state index contributed by atoms with van der Waals surface area (Å²) in [5, 5.41) is 4.67. The Bertz CT molecular complexity index is 859. The summed E-state index contributed by atoms with van der Waals surface area (Å²) in [6.07, 6.45) is 1.29. The number of allylic oxidation sites excluding steroid dienone is 1. The minimum absolute atomic E-state index is 0.105. The molecule has 0 bridgehead atoms. The Hall–Kier alpha value is -2.14.